The lowest BCUT2D eigenvalue weighted by Gasteiger charge is -2.16. The summed E-state index contributed by atoms with van der Waals surface area (Å²) in [5.41, 5.74) is 0. The maximum atomic E-state index is 13.4. The first-order chi connectivity index (χ1) is 14.5. The molecule has 0 atom stereocenters. The summed E-state index contributed by atoms with van der Waals surface area (Å²) in [5, 5.41) is 2.15. The lowest BCUT2D eigenvalue weighted by molar-refractivity contribution is 0.484. The average Bonchev–Trinajstić information content (AvgIpc) is 2.71. The first kappa shape index (κ1) is 23.4. The van der Waals surface area contributed by atoms with Gasteiger partial charge >= 0.3 is 10.1 Å². The van der Waals surface area contributed by atoms with Gasteiger partial charge in [0.05, 0.1) is 3.57 Å². The largest absolute Gasteiger partial charge is 0.378 e. The van der Waals surface area contributed by atoms with Crippen LogP contribution in [0.3, 0.4) is 0 Å². The van der Waals surface area contributed by atoms with Crippen LogP contribution in [0.1, 0.15) is 0 Å². The lowest BCUT2D eigenvalue weighted by atomic mass is 10.1. The van der Waals surface area contributed by atoms with Crippen molar-refractivity contribution in [1.29, 1.82) is 0 Å². The molecule has 4 aromatic rings. The minimum atomic E-state index is -4.49. The minimum Gasteiger partial charge on any atom is -0.378 e. The van der Waals surface area contributed by atoms with Gasteiger partial charge in [-0.25, -0.2) is 0 Å². The molecule has 0 saturated carbocycles. The van der Waals surface area contributed by atoms with Gasteiger partial charge in [0, 0.05) is 17.9 Å². The van der Waals surface area contributed by atoms with Crippen LogP contribution in [-0.4, -0.2) is 21.4 Å². The third-order valence-corrected chi connectivity index (χ3v) is 11.9. The van der Waals surface area contributed by atoms with Crippen LogP contribution in [0.4, 0.5) is 0 Å². The van der Waals surface area contributed by atoms with E-state index < -0.39 is 20.2 Å². The minimum absolute atomic E-state index is 0.0298. The summed E-state index contributed by atoms with van der Waals surface area (Å²) in [6.45, 7) is 0. The molecule has 6 nitrogen and oxygen atoms in total. The van der Waals surface area contributed by atoms with Crippen molar-refractivity contribution in [2.24, 2.45) is 0 Å². The monoisotopic (exact) mass is 792 g/mol. The highest BCUT2D eigenvalue weighted by Gasteiger charge is 2.28. The predicted molar refractivity (Wildman–Crippen MR) is 144 cm³/mol. The van der Waals surface area contributed by atoms with E-state index >= 15 is 0 Å². The summed E-state index contributed by atoms with van der Waals surface area (Å²) in [6, 6.07) is 16.1. The molecule has 1 N–H and O–H groups in total. The van der Waals surface area contributed by atoms with Crippen LogP contribution in [0, 0.1) is 10.7 Å². The average molecular weight is 792 g/mol. The molecule has 0 aliphatic heterocycles. The summed E-state index contributed by atoms with van der Waals surface area (Å²) in [4.78, 5) is -0.267. The number of fused-ring (bicyclic) bond motifs is 2. The smallest absolute Gasteiger partial charge is 0.341 e. The Balaban J connectivity index is 1.93. The molecule has 160 valence electrons. The van der Waals surface area contributed by atoms with Crippen LogP contribution >= 0.6 is 67.8 Å². The van der Waals surface area contributed by atoms with Crippen molar-refractivity contribution in [1.82, 2.24) is 0 Å². The molecule has 0 saturated heterocycles. The molecule has 0 aliphatic rings. The summed E-state index contributed by atoms with van der Waals surface area (Å²) in [5.74, 6) is -0.0298. The van der Waals surface area contributed by atoms with Gasteiger partial charge in [-0.15, -0.1) is 0 Å². The van der Waals surface area contributed by atoms with E-state index in [0.717, 1.165) is 20.4 Å². The van der Waals surface area contributed by atoms with E-state index in [4.69, 9.17) is 4.18 Å². The summed E-state index contributed by atoms with van der Waals surface area (Å²) in [7, 11) is -8.75. The van der Waals surface area contributed by atoms with Crippen LogP contribution in [0.25, 0.3) is 21.5 Å². The zero-order valence-electron chi connectivity index (χ0n) is 15.2. The fourth-order valence-corrected chi connectivity index (χ4v) is 9.39. The molecule has 11 heteroatoms. The first-order valence-corrected chi connectivity index (χ1v) is 14.6. The van der Waals surface area contributed by atoms with Crippen LogP contribution < -0.4 is 4.18 Å². The molecule has 4 rings (SSSR count). The second kappa shape index (κ2) is 8.55. The normalized spacial score (nSPS) is 12.4. The van der Waals surface area contributed by atoms with Gasteiger partial charge in [0.2, 0.25) is 0 Å². The third-order valence-electron chi connectivity index (χ3n) is 4.56. The van der Waals surface area contributed by atoms with Gasteiger partial charge in [0.15, 0.2) is 5.75 Å². The molecule has 0 heterocycles. The highest BCUT2D eigenvalue weighted by atomic mass is 127. The van der Waals surface area contributed by atoms with E-state index in [0.29, 0.717) is 7.14 Å². The van der Waals surface area contributed by atoms with Gasteiger partial charge in [-0.1, -0.05) is 48.5 Å². The van der Waals surface area contributed by atoms with E-state index in [9.17, 15) is 21.4 Å². The molecule has 31 heavy (non-hydrogen) atoms. The van der Waals surface area contributed by atoms with Gasteiger partial charge in [0.1, 0.15) is 9.79 Å². The number of benzene rings is 4. The Morgan fingerprint density at radius 2 is 1.16 bits per heavy atom. The number of hydrogen-bond donors (Lipinski definition) is 1. The van der Waals surface area contributed by atoms with Crippen LogP contribution in [0.2, 0.25) is 0 Å². The van der Waals surface area contributed by atoms with E-state index in [1.165, 1.54) is 18.2 Å². The Hall–Kier alpha value is -0.750. The van der Waals surface area contributed by atoms with Crippen molar-refractivity contribution < 1.29 is 25.6 Å². The van der Waals surface area contributed by atoms with Crippen LogP contribution in [0.5, 0.6) is 5.75 Å². The molecule has 0 amide bonds. The first-order valence-electron chi connectivity index (χ1n) is 8.51. The molecular formula is C20H11I3O6S2. The van der Waals surface area contributed by atoms with Gasteiger partial charge < -0.3 is 4.18 Å². The van der Waals surface area contributed by atoms with Crippen molar-refractivity contribution in [2.45, 2.75) is 9.79 Å². The molecule has 0 radical (unpaired) electrons. The fourth-order valence-electron chi connectivity index (χ4n) is 3.22. The standard InChI is InChI=1S/C20H11I3O6S2/c21-17-13-7-3-4-8-14(13)18(22)20(19(17)23)31(27,28)29-15-9-10-16(30(24,25)26)12-6-2-1-5-11(12)15/h1-10H,(H,24,25,26). The number of halogens is 3. The Morgan fingerprint density at radius 1 is 0.645 bits per heavy atom. The molecule has 0 spiro atoms. The van der Waals surface area contributed by atoms with Gasteiger partial charge in [-0.05, 0) is 90.7 Å². The Morgan fingerprint density at radius 3 is 1.74 bits per heavy atom. The van der Waals surface area contributed by atoms with Gasteiger partial charge in [0.25, 0.3) is 10.1 Å². The van der Waals surface area contributed by atoms with Crippen LogP contribution in [0.15, 0.2) is 70.5 Å². The van der Waals surface area contributed by atoms with Crippen LogP contribution in [-0.2, 0) is 20.2 Å². The Bertz CT molecular complexity index is 1580. The zero-order chi connectivity index (χ0) is 22.6. The topological polar surface area (TPSA) is 97.7 Å². The molecule has 0 aliphatic carbocycles. The molecular weight excluding hydrogens is 781 g/mol. The van der Waals surface area contributed by atoms with E-state index in [1.807, 2.05) is 69.4 Å². The summed E-state index contributed by atoms with van der Waals surface area (Å²) >= 11 is 6.12. The molecule has 0 aromatic heterocycles. The van der Waals surface area contributed by atoms with Gasteiger partial charge in [-0.2, -0.15) is 16.8 Å². The molecule has 4 aromatic carbocycles. The van der Waals surface area contributed by atoms with E-state index in [-0.39, 0.29) is 26.3 Å². The Kier molecular flexibility index (Phi) is 6.46. The van der Waals surface area contributed by atoms with Crippen molar-refractivity contribution in [3.63, 3.8) is 0 Å². The summed E-state index contributed by atoms with van der Waals surface area (Å²) in [6.07, 6.45) is 0. The number of hydrogen-bond acceptors (Lipinski definition) is 5. The third kappa shape index (κ3) is 4.28. The summed E-state index contributed by atoms with van der Waals surface area (Å²) < 4.78 is 67.0. The second-order valence-electron chi connectivity index (χ2n) is 6.44. The van der Waals surface area contributed by atoms with Crippen molar-refractivity contribution in [3.05, 3.63) is 71.4 Å². The van der Waals surface area contributed by atoms with Gasteiger partial charge in [-0.3, -0.25) is 4.55 Å². The van der Waals surface area contributed by atoms with E-state index in [1.54, 1.807) is 12.1 Å². The highest BCUT2D eigenvalue weighted by molar-refractivity contribution is 14.1. The molecule has 0 unspecified atom stereocenters. The fraction of sp³-hybridized carbons (Fsp3) is 0. The van der Waals surface area contributed by atoms with Crippen molar-refractivity contribution in [2.75, 3.05) is 0 Å². The quantitative estimate of drug-likeness (QED) is 0.121. The second-order valence-corrected chi connectivity index (χ2v) is 12.5. The highest BCUT2D eigenvalue weighted by Crippen LogP contribution is 2.39. The molecule has 0 bridgehead atoms. The maximum Gasteiger partial charge on any atom is 0.341 e. The Labute approximate surface area is 219 Å². The molecule has 0 fully saturated rings. The SMILES string of the molecule is O=S(=O)(O)c1ccc(OS(=O)(=O)c2c(I)c(I)c3ccccc3c2I)c2ccccc12. The maximum absolute atomic E-state index is 13.4. The van der Waals surface area contributed by atoms with E-state index in [2.05, 4.69) is 22.6 Å². The predicted octanol–water partition coefficient (Wildman–Crippen LogP) is 5.82. The van der Waals surface area contributed by atoms with Crippen molar-refractivity contribution >= 4 is 110 Å². The van der Waals surface area contributed by atoms with Crippen molar-refractivity contribution in [3.8, 4) is 5.75 Å². The number of rotatable bonds is 4. The zero-order valence-corrected chi connectivity index (χ0v) is 23.3. The lowest BCUT2D eigenvalue weighted by Crippen LogP contribution is -2.15.